The molecule has 0 fully saturated rings. The SMILES string of the molecule is COCc1nnc(NC(=O)CN2CCc3[nH]c4c(C)cccc4c3C2)s1. The number of anilines is 1. The lowest BCUT2D eigenvalue weighted by molar-refractivity contribution is -0.117. The summed E-state index contributed by atoms with van der Waals surface area (Å²) in [6.07, 6.45) is 0.924. The number of aromatic nitrogens is 3. The number of nitrogens with zero attached hydrogens (tertiary/aromatic N) is 3. The Morgan fingerprint density at radius 1 is 1.42 bits per heavy atom. The molecule has 1 amide bonds. The first-order valence-corrected chi connectivity index (χ1v) is 9.38. The van der Waals surface area contributed by atoms with Gasteiger partial charge in [0, 0.05) is 43.2 Å². The van der Waals surface area contributed by atoms with Crippen molar-refractivity contribution in [2.75, 3.05) is 25.5 Å². The Morgan fingerprint density at radius 3 is 3.15 bits per heavy atom. The van der Waals surface area contributed by atoms with E-state index < -0.39 is 0 Å². The van der Waals surface area contributed by atoms with Crippen LogP contribution in [-0.2, 0) is 29.1 Å². The van der Waals surface area contributed by atoms with Crippen molar-refractivity contribution in [1.29, 1.82) is 0 Å². The average Bonchev–Trinajstić information content (AvgIpc) is 3.20. The highest BCUT2D eigenvalue weighted by atomic mass is 32.1. The molecule has 0 bridgehead atoms. The zero-order valence-electron chi connectivity index (χ0n) is 14.8. The van der Waals surface area contributed by atoms with Gasteiger partial charge < -0.3 is 9.72 Å². The molecular weight excluding hydrogens is 350 g/mol. The Hall–Kier alpha value is -2.29. The normalized spacial score (nSPS) is 14.5. The summed E-state index contributed by atoms with van der Waals surface area (Å²) in [5.74, 6) is -0.0652. The number of rotatable bonds is 5. The third-order valence-electron chi connectivity index (χ3n) is 4.65. The fraction of sp³-hybridized carbons (Fsp3) is 0.389. The van der Waals surface area contributed by atoms with Crippen molar-refractivity contribution < 1.29 is 9.53 Å². The number of nitrogens with one attached hydrogen (secondary N) is 2. The lowest BCUT2D eigenvalue weighted by Gasteiger charge is -2.26. The Labute approximate surface area is 155 Å². The second-order valence-electron chi connectivity index (χ2n) is 6.52. The summed E-state index contributed by atoms with van der Waals surface area (Å²) in [7, 11) is 1.61. The number of benzene rings is 1. The van der Waals surface area contributed by atoms with E-state index in [9.17, 15) is 4.79 Å². The van der Waals surface area contributed by atoms with E-state index in [0.29, 0.717) is 18.3 Å². The van der Waals surface area contributed by atoms with Crippen molar-refractivity contribution >= 4 is 33.3 Å². The molecule has 2 N–H and O–H groups in total. The molecule has 3 aromatic rings. The Balaban J connectivity index is 1.43. The third kappa shape index (κ3) is 3.35. The fourth-order valence-corrected chi connectivity index (χ4v) is 4.15. The molecule has 4 rings (SSSR count). The van der Waals surface area contributed by atoms with E-state index >= 15 is 0 Å². The van der Waals surface area contributed by atoms with Gasteiger partial charge in [-0.1, -0.05) is 29.5 Å². The summed E-state index contributed by atoms with van der Waals surface area (Å²) in [5.41, 5.74) is 5.06. The topological polar surface area (TPSA) is 83.1 Å². The number of para-hydroxylation sites is 1. The van der Waals surface area contributed by atoms with Gasteiger partial charge in [-0.2, -0.15) is 0 Å². The molecule has 0 saturated carbocycles. The Kier molecular flexibility index (Phi) is 4.71. The van der Waals surface area contributed by atoms with Crippen LogP contribution >= 0.6 is 11.3 Å². The molecule has 0 spiro atoms. The van der Waals surface area contributed by atoms with E-state index in [1.807, 2.05) is 0 Å². The van der Waals surface area contributed by atoms with Crippen LogP contribution in [0, 0.1) is 6.92 Å². The van der Waals surface area contributed by atoms with Gasteiger partial charge in [-0.3, -0.25) is 15.0 Å². The molecule has 3 heterocycles. The molecule has 2 aromatic heterocycles. The molecule has 8 heteroatoms. The van der Waals surface area contributed by atoms with Gasteiger partial charge in [0.1, 0.15) is 11.6 Å². The van der Waals surface area contributed by atoms with E-state index in [4.69, 9.17) is 4.74 Å². The fourth-order valence-electron chi connectivity index (χ4n) is 3.42. The van der Waals surface area contributed by atoms with E-state index in [0.717, 1.165) is 24.5 Å². The summed E-state index contributed by atoms with van der Waals surface area (Å²) in [6.45, 7) is 4.50. The van der Waals surface area contributed by atoms with Gasteiger partial charge in [0.05, 0.1) is 6.54 Å². The van der Waals surface area contributed by atoms with Gasteiger partial charge in [0.25, 0.3) is 0 Å². The molecule has 136 valence electrons. The highest BCUT2D eigenvalue weighted by Gasteiger charge is 2.23. The molecule has 0 unspecified atom stereocenters. The van der Waals surface area contributed by atoms with Crippen molar-refractivity contribution in [1.82, 2.24) is 20.1 Å². The van der Waals surface area contributed by atoms with Crippen molar-refractivity contribution in [2.24, 2.45) is 0 Å². The molecule has 0 saturated heterocycles. The van der Waals surface area contributed by atoms with Gasteiger partial charge >= 0.3 is 0 Å². The first-order chi connectivity index (χ1) is 12.6. The standard InChI is InChI=1S/C18H21N5O2S/c1-11-4-3-5-12-13-8-23(7-6-14(13)19-17(11)12)9-15(24)20-18-22-21-16(26-18)10-25-2/h3-5,19H,6-10H2,1-2H3,(H,20,22,24). The van der Waals surface area contributed by atoms with Gasteiger partial charge in [0.15, 0.2) is 0 Å². The predicted octanol–water partition coefficient (Wildman–Crippen LogP) is 2.47. The summed E-state index contributed by atoms with van der Waals surface area (Å²) in [6, 6.07) is 6.36. The van der Waals surface area contributed by atoms with E-state index in [1.54, 1.807) is 7.11 Å². The molecule has 26 heavy (non-hydrogen) atoms. The van der Waals surface area contributed by atoms with Gasteiger partial charge in [0.2, 0.25) is 11.0 Å². The van der Waals surface area contributed by atoms with Crippen molar-refractivity contribution in [2.45, 2.75) is 26.5 Å². The van der Waals surface area contributed by atoms with E-state index in [-0.39, 0.29) is 5.91 Å². The maximum Gasteiger partial charge on any atom is 0.240 e. The number of carbonyl (C=O) groups excluding carboxylic acids is 1. The molecule has 0 aliphatic carbocycles. The second-order valence-corrected chi connectivity index (χ2v) is 7.58. The summed E-state index contributed by atoms with van der Waals surface area (Å²) in [5, 5.41) is 13.3. The van der Waals surface area contributed by atoms with Crippen LogP contribution in [0.15, 0.2) is 18.2 Å². The van der Waals surface area contributed by atoms with Crippen LogP contribution in [-0.4, -0.2) is 46.2 Å². The maximum absolute atomic E-state index is 12.4. The number of aryl methyl sites for hydroxylation is 1. The quantitative estimate of drug-likeness (QED) is 0.720. The smallest absolute Gasteiger partial charge is 0.240 e. The molecule has 1 aromatic carbocycles. The largest absolute Gasteiger partial charge is 0.377 e. The number of hydrogen-bond donors (Lipinski definition) is 2. The van der Waals surface area contributed by atoms with Crippen LogP contribution in [0.1, 0.15) is 21.8 Å². The van der Waals surface area contributed by atoms with E-state index in [2.05, 4.69) is 50.5 Å². The Bertz CT molecular complexity index is 948. The predicted molar refractivity (Wildman–Crippen MR) is 101 cm³/mol. The summed E-state index contributed by atoms with van der Waals surface area (Å²) < 4.78 is 5.02. The van der Waals surface area contributed by atoms with Crippen LogP contribution in [0.3, 0.4) is 0 Å². The molecule has 7 nitrogen and oxygen atoms in total. The van der Waals surface area contributed by atoms with Crippen LogP contribution in [0.4, 0.5) is 5.13 Å². The minimum Gasteiger partial charge on any atom is -0.377 e. The number of hydrogen-bond acceptors (Lipinski definition) is 6. The third-order valence-corrected chi connectivity index (χ3v) is 5.46. The first kappa shape index (κ1) is 17.1. The van der Waals surface area contributed by atoms with Crippen molar-refractivity contribution in [3.63, 3.8) is 0 Å². The Morgan fingerprint density at radius 2 is 2.31 bits per heavy atom. The minimum atomic E-state index is -0.0652. The monoisotopic (exact) mass is 371 g/mol. The first-order valence-electron chi connectivity index (χ1n) is 8.56. The van der Waals surface area contributed by atoms with Crippen LogP contribution < -0.4 is 5.32 Å². The number of H-pyrrole nitrogens is 1. The number of aromatic amines is 1. The molecule has 1 aliphatic heterocycles. The van der Waals surface area contributed by atoms with Gasteiger partial charge in [-0.15, -0.1) is 10.2 Å². The number of carbonyl (C=O) groups is 1. The second kappa shape index (κ2) is 7.14. The zero-order valence-corrected chi connectivity index (χ0v) is 15.7. The van der Waals surface area contributed by atoms with Gasteiger partial charge in [-0.05, 0) is 18.1 Å². The lowest BCUT2D eigenvalue weighted by Crippen LogP contribution is -2.37. The molecular formula is C18H21N5O2S. The molecule has 0 atom stereocenters. The summed E-state index contributed by atoms with van der Waals surface area (Å²) in [4.78, 5) is 18.1. The number of ether oxygens (including phenoxy) is 1. The van der Waals surface area contributed by atoms with Crippen molar-refractivity contribution in [3.8, 4) is 0 Å². The van der Waals surface area contributed by atoms with Crippen molar-refractivity contribution in [3.05, 3.63) is 40.0 Å². The number of amides is 1. The molecule has 1 aliphatic rings. The van der Waals surface area contributed by atoms with E-state index in [1.165, 1.54) is 39.1 Å². The lowest BCUT2D eigenvalue weighted by atomic mass is 10.0. The van der Waals surface area contributed by atoms with Crippen LogP contribution in [0.2, 0.25) is 0 Å². The highest BCUT2D eigenvalue weighted by molar-refractivity contribution is 7.15. The number of fused-ring (bicyclic) bond motifs is 3. The van der Waals surface area contributed by atoms with Crippen LogP contribution in [0.5, 0.6) is 0 Å². The average molecular weight is 371 g/mol. The number of methoxy groups -OCH3 is 1. The minimum absolute atomic E-state index is 0.0652. The maximum atomic E-state index is 12.4. The molecule has 0 radical (unpaired) electrons. The van der Waals surface area contributed by atoms with Crippen LogP contribution in [0.25, 0.3) is 10.9 Å². The highest BCUT2D eigenvalue weighted by Crippen LogP contribution is 2.29. The zero-order chi connectivity index (χ0) is 18.1. The van der Waals surface area contributed by atoms with Gasteiger partial charge in [-0.25, -0.2) is 0 Å². The summed E-state index contributed by atoms with van der Waals surface area (Å²) >= 11 is 1.34.